The van der Waals surface area contributed by atoms with Gasteiger partial charge >= 0.3 is 0 Å². The number of amides is 2. The Morgan fingerprint density at radius 3 is 2.47 bits per heavy atom. The van der Waals surface area contributed by atoms with E-state index in [-0.39, 0.29) is 18.2 Å². The van der Waals surface area contributed by atoms with E-state index in [9.17, 15) is 9.59 Å². The van der Waals surface area contributed by atoms with Crippen molar-refractivity contribution >= 4 is 17.5 Å². The predicted octanol–water partition coefficient (Wildman–Crippen LogP) is 1.14. The number of benzene rings is 1. The van der Waals surface area contributed by atoms with Gasteiger partial charge in [0.15, 0.2) is 0 Å². The minimum Gasteiger partial charge on any atom is -0.398 e. The summed E-state index contributed by atoms with van der Waals surface area (Å²) in [6.45, 7) is 6.54. The molecule has 0 aliphatic rings. The Hall–Kier alpha value is -2.04. The first-order chi connectivity index (χ1) is 8.95. The Labute approximate surface area is 113 Å². The van der Waals surface area contributed by atoms with Gasteiger partial charge in [-0.05, 0) is 38.0 Å². The largest absolute Gasteiger partial charge is 0.398 e. The lowest BCUT2D eigenvalue weighted by Gasteiger charge is -2.10. The van der Waals surface area contributed by atoms with Crippen molar-refractivity contribution in [2.45, 2.75) is 27.2 Å². The Kier molecular flexibility index (Phi) is 5.36. The SMILES string of the molecule is CCNC(=O)CCNC(=O)c1cc(N)c(C)cc1C. The van der Waals surface area contributed by atoms with Crippen LogP contribution in [0.5, 0.6) is 0 Å². The average Bonchev–Trinajstić information content (AvgIpc) is 2.34. The Bertz CT molecular complexity index is 484. The zero-order chi connectivity index (χ0) is 14.4. The van der Waals surface area contributed by atoms with Crippen LogP contribution in [0.2, 0.25) is 0 Å². The molecule has 0 radical (unpaired) electrons. The summed E-state index contributed by atoms with van der Waals surface area (Å²) < 4.78 is 0. The maximum Gasteiger partial charge on any atom is 0.251 e. The molecule has 0 unspecified atom stereocenters. The molecule has 0 fully saturated rings. The van der Waals surface area contributed by atoms with Crippen molar-refractivity contribution in [2.75, 3.05) is 18.8 Å². The second-order valence-electron chi connectivity index (χ2n) is 4.48. The highest BCUT2D eigenvalue weighted by Gasteiger charge is 2.11. The summed E-state index contributed by atoms with van der Waals surface area (Å²) in [6.07, 6.45) is 0.278. The molecule has 0 spiro atoms. The summed E-state index contributed by atoms with van der Waals surface area (Å²) in [5.74, 6) is -0.267. The van der Waals surface area contributed by atoms with E-state index in [4.69, 9.17) is 5.73 Å². The van der Waals surface area contributed by atoms with Gasteiger partial charge in [-0.15, -0.1) is 0 Å². The lowest BCUT2D eigenvalue weighted by molar-refractivity contribution is -0.120. The van der Waals surface area contributed by atoms with Crippen LogP contribution >= 0.6 is 0 Å². The molecule has 1 rings (SSSR count). The van der Waals surface area contributed by atoms with Crippen LogP contribution in [-0.4, -0.2) is 24.9 Å². The third-order valence-electron chi connectivity index (χ3n) is 2.87. The molecule has 2 amide bonds. The molecule has 19 heavy (non-hydrogen) atoms. The highest BCUT2D eigenvalue weighted by Crippen LogP contribution is 2.17. The molecule has 4 N–H and O–H groups in total. The van der Waals surface area contributed by atoms with Crippen molar-refractivity contribution in [1.29, 1.82) is 0 Å². The quantitative estimate of drug-likeness (QED) is 0.696. The van der Waals surface area contributed by atoms with Crippen LogP contribution in [0.1, 0.15) is 34.8 Å². The number of carbonyl (C=O) groups excluding carboxylic acids is 2. The zero-order valence-electron chi connectivity index (χ0n) is 11.7. The molecule has 0 aliphatic heterocycles. The summed E-state index contributed by atoms with van der Waals surface area (Å²) >= 11 is 0. The van der Waals surface area contributed by atoms with Gasteiger partial charge in [0.05, 0.1) is 0 Å². The van der Waals surface area contributed by atoms with E-state index in [0.717, 1.165) is 11.1 Å². The highest BCUT2D eigenvalue weighted by molar-refractivity contribution is 5.96. The minimum absolute atomic E-state index is 0.0667. The highest BCUT2D eigenvalue weighted by atomic mass is 16.2. The second-order valence-corrected chi connectivity index (χ2v) is 4.48. The topological polar surface area (TPSA) is 84.2 Å². The molecule has 5 nitrogen and oxygen atoms in total. The van der Waals surface area contributed by atoms with Crippen molar-refractivity contribution in [1.82, 2.24) is 10.6 Å². The molecule has 0 aliphatic carbocycles. The Morgan fingerprint density at radius 2 is 1.84 bits per heavy atom. The van der Waals surface area contributed by atoms with Crippen LogP contribution in [0.4, 0.5) is 5.69 Å². The number of nitrogen functional groups attached to an aromatic ring is 1. The molecule has 5 heteroatoms. The Balaban J connectivity index is 2.59. The molecule has 0 saturated carbocycles. The van der Waals surface area contributed by atoms with Crippen LogP contribution in [0, 0.1) is 13.8 Å². The monoisotopic (exact) mass is 263 g/mol. The first-order valence-electron chi connectivity index (χ1n) is 6.37. The van der Waals surface area contributed by atoms with Gasteiger partial charge in [0.25, 0.3) is 5.91 Å². The minimum atomic E-state index is -0.200. The predicted molar refractivity (Wildman–Crippen MR) is 76.0 cm³/mol. The summed E-state index contributed by atoms with van der Waals surface area (Å²) in [6, 6.07) is 3.56. The van der Waals surface area contributed by atoms with E-state index < -0.39 is 0 Å². The van der Waals surface area contributed by atoms with Crippen LogP contribution in [0.25, 0.3) is 0 Å². The number of nitrogens with one attached hydrogen (secondary N) is 2. The maximum atomic E-state index is 12.0. The van der Waals surface area contributed by atoms with Crippen LogP contribution in [0.3, 0.4) is 0 Å². The lowest BCUT2D eigenvalue weighted by Crippen LogP contribution is -2.31. The molecule has 0 saturated heterocycles. The molecule has 0 aromatic heterocycles. The number of anilines is 1. The van der Waals surface area contributed by atoms with E-state index in [1.807, 2.05) is 26.8 Å². The molecule has 1 aromatic carbocycles. The van der Waals surface area contributed by atoms with Crippen molar-refractivity contribution in [3.63, 3.8) is 0 Å². The summed E-state index contributed by atoms with van der Waals surface area (Å²) in [4.78, 5) is 23.2. The van der Waals surface area contributed by atoms with Gasteiger partial charge in [-0.25, -0.2) is 0 Å². The smallest absolute Gasteiger partial charge is 0.251 e. The van der Waals surface area contributed by atoms with Gasteiger partial charge in [-0.1, -0.05) is 6.07 Å². The van der Waals surface area contributed by atoms with Crippen LogP contribution in [0.15, 0.2) is 12.1 Å². The van der Waals surface area contributed by atoms with E-state index >= 15 is 0 Å². The maximum absolute atomic E-state index is 12.0. The number of nitrogens with two attached hydrogens (primary N) is 1. The number of hydrogen-bond acceptors (Lipinski definition) is 3. The third-order valence-corrected chi connectivity index (χ3v) is 2.87. The van der Waals surface area contributed by atoms with Gasteiger partial charge < -0.3 is 16.4 Å². The number of carbonyl (C=O) groups is 2. The van der Waals surface area contributed by atoms with E-state index in [0.29, 0.717) is 24.3 Å². The van der Waals surface area contributed by atoms with Crippen molar-refractivity contribution in [2.24, 2.45) is 0 Å². The van der Waals surface area contributed by atoms with Crippen molar-refractivity contribution in [3.8, 4) is 0 Å². The fourth-order valence-corrected chi connectivity index (χ4v) is 1.78. The van der Waals surface area contributed by atoms with E-state index in [1.165, 1.54) is 0 Å². The first-order valence-corrected chi connectivity index (χ1v) is 6.37. The third kappa shape index (κ3) is 4.28. The summed E-state index contributed by atoms with van der Waals surface area (Å²) in [5.41, 5.74) is 8.78. The molecule has 0 atom stereocenters. The van der Waals surface area contributed by atoms with Gasteiger partial charge in [0, 0.05) is 30.8 Å². The van der Waals surface area contributed by atoms with Gasteiger partial charge in [0.1, 0.15) is 0 Å². The number of hydrogen-bond donors (Lipinski definition) is 3. The lowest BCUT2D eigenvalue weighted by atomic mass is 10.0. The summed E-state index contributed by atoms with van der Waals surface area (Å²) in [5, 5.41) is 5.40. The van der Waals surface area contributed by atoms with Crippen molar-refractivity contribution < 1.29 is 9.59 Å². The fraction of sp³-hybridized carbons (Fsp3) is 0.429. The van der Waals surface area contributed by atoms with Crippen LogP contribution in [-0.2, 0) is 4.79 Å². The molecular formula is C14H21N3O2. The summed E-state index contributed by atoms with van der Waals surface area (Å²) in [7, 11) is 0. The van der Waals surface area contributed by atoms with Crippen LogP contribution < -0.4 is 16.4 Å². The fourth-order valence-electron chi connectivity index (χ4n) is 1.78. The van der Waals surface area contributed by atoms with Gasteiger partial charge in [-0.2, -0.15) is 0 Å². The van der Waals surface area contributed by atoms with E-state index in [1.54, 1.807) is 6.07 Å². The first kappa shape index (κ1) is 15.0. The van der Waals surface area contributed by atoms with E-state index in [2.05, 4.69) is 10.6 Å². The standard InChI is InChI=1S/C14H21N3O2/c1-4-16-13(18)5-6-17-14(19)11-8-12(15)10(3)7-9(11)2/h7-8H,4-6,15H2,1-3H3,(H,16,18)(H,17,19). The van der Waals surface area contributed by atoms with Gasteiger partial charge in [-0.3, -0.25) is 9.59 Å². The molecule has 104 valence electrons. The van der Waals surface area contributed by atoms with Gasteiger partial charge in [0.2, 0.25) is 5.91 Å². The average molecular weight is 263 g/mol. The number of aryl methyl sites for hydroxylation is 2. The Morgan fingerprint density at radius 1 is 1.16 bits per heavy atom. The molecule has 0 bridgehead atoms. The number of rotatable bonds is 5. The second kappa shape index (κ2) is 6.78. The normalized spacial score (nSPS) is 10.1. The zero-order valence-corrected chi connectivity index (χ0v) is 11.7. The molecule has 1 aromatic rings. The molecular weight excluding hydrogens is 242 g/mol. The van der Waals surface area contributed by atoms with Crippen molar-refractivity contribution in [3.05, 3.63) is 28.8 Å². The molecule has 0 heterocycles.